The first kappa shape index (κ1) is 11.2. The summed E-state index contributed by atoms with van der Waals surface area (Å²) in [7, 11) is 1.73. The largest absolute Gasteiger partial charge is 0.396 e. The Labute approximate surface area is 108 Å². The highest BCUT2D eigenvalue weighted by Gasteiger charge is 2.20. The van der Waals surface area contributed by atoms with E-state index in [1.54, 1.807) is 13.2 Å². The van der Waals surface area contributed by atoms with Crippen LogP contribution in [0, 0.1) is 0 Å². The SMILES string of the molecule is Cn1cc(N)c(C(=O)Nc2nc3c(s2)CCC3)n1. The number of aromatic nitrogens is 3. The van der Waals surface area contributed by atoms with Gasteiger partial charge in [-0.3, -0.25) is 14.8 Å². The topological polar surface area (TPSA) is 85.8 Å². The molecule has 0 unspecified atom stereocenters. The molecular weight excluding hydrogens is 250 g/mol. The molecule has 1 aliphatic rings. The number of nitrogens with two attached hydrogens (primary N) is 1. The van der Waals surface area contributed by atoms with Gasteiger partial charge in [-0.2, -0.15) is 5.10 Å². The smallest absolute Gasteiger partial charge is 0.280 e. The molecule has 0 saturated heterocycles. The lowest BCUT2D eigenvalue weighted by Gasteiger charge is -1.99. The number of rotatable bonds is 2. The first-order chi connectivity index (χ1) is 8.63. The lowest BCUT2D eigenvalue weighted by atomic mass is 10.3. The Morgan fingerprint density at radius 1 is 1.56 bits per heavy atom. The molecule has 0 atom stereocenters. The van der Waals surface area contributed by atoms with Crippen molar-refractivity contribution in [2.24, 2.45) is 7.05 Å². The summed E-state index contributed by atoms with van der Waals surface area (Å²) < 4.78 is 1.52. The van der Waals surface area contributed by atoms with Crippen LogP contribution in [0.3, 0.4) is 0 Å². The number of thiazole rings is 1. The highest BCUT2D eigenvalue weighted by molar-refractivity contribution is 7.15. The zero-order valence-electron chi connectivity index (χ0n) is 9.93. The molecule has 0 fully saturated rings. The van der Waals surface area contributed by atoms with Gasteiger partial charge in [-0.25, -0.2) is 4.98 Å². The third-order valence-electron chi connectivity index (χ3n) is 2.89. The monoisotopic (exact) mass is 263 g/mol. The number of anilines is 2. The molecule has 0 radical (unpaired) electrons. The average Bonchev–Trinajstić information content (AvgIpc) is 2.92. The number of nitrogens with one attached hydrogen (secondary N) is 1. The zero-order chi connectivity index (χ0) is 12.7. The Morgan fingerprint density at radius 2 is 2.39 bits per heavy atom. The molecule has 0 saturated carbocycles. The van der Waals surface area contributed by atoms with Gasteiger partial charge in [-0.1, -0.05) is 0 Å². The number of hydrogen-bond acceptors (Lipinski definition) is 5. The molecule has 2 aromatic heterocycles. The number of aryl methyl sites for hydroxylation is 3. The van der Waals surface area contributed by atoms with E-state index in [0.29, 0.717) is 10.8 Å². The molecule has 2 aromatic rings. The van der Waals surface area contributed by atoms with Crippen molar-refractivity contribution in [3.8, 4) is 0 Å². The van der Waals surface area contributed by atoms with Crippen LogP contribution in [0.5, 0.6) is 0 Å². The van der Waals surface area contributed by atoms with Gasteiger partial charge in [0.25, 0.3) is 5.91 Å². The third kappa shape index (κ3) is 1.86. The normalized spacial score (nSPS) is 13.6. The molecule has 3 rings (SSSR count). The van der Waals surface area contributed by atoms with Gasteiger partial charge in [0.1, 0.15) is 0 Å². The minimum Gasteiger partial charge on any atom is -0.396 e. The van der Waals surface area contributed by atoms with Crippen LogP contribution in [0.1, 0.15) is 27.5 Å². The van der Waals surface area contributed by atoms with E-state index in [9.17, 15) is 4.79 Å². The summed E-state index contributed by atoms with van der Waals surface area (Å²) in [6.45, 7) is 0. The fourth-order valence-electron chi connectivity index (χ4n) is 2.08. The summed E-state index contributed by atoms with van der Waals surface area (Å²) in [6, 6.07) is 0. The number of fused-ring (bicyclic) bond motifs is 1. The van der Waals surface area contributed by atoms with Crippen molar-refractivity contribution in [3.63, 3.8) is 0 Å². The summed E-state index contributed by atoms with van der Waals surface area (Å²) in [6.07, 6.45) is 4.84. The van der Waals surface area contributed by atoms with Gasteiger partial charge in [0.05, 0.1) is 11.4 Å². The maximum Gasteiger partial charge on any atom is 0.280 e. The van der Waals surface area contributed by atoms with Gasteiger partial charge in [-0.05, 0) is 19.3 Å². The number of amides is 1. The fourth-order valence-corrected chi connectivity index (χ4v) is 3.13. The van der Waals surface area contributed by atoms with Crippen LogP contribution in [0.2, 0.25) is 0 Å². The molecule has 94 valence electrons. The molecule has 18 heavy (non-hydrogen) atoms. The second-order valence-electron chi connectivity index (χ2n) is 4.30. The van der Waals surface area contributed by atoms with E-state index < -0.39 is 0 Å². The quantitative estimate of drug-likeness (QED) is 0.852. The van der Waals surface area contributed by atoms with E-state index >= 15 is 0 Å². The Bertz CT molecular complexity index is 593. The summed E-state index contributed by atoms with van der Waals surface area (Å²) in [5.41, 5.74) is 7.44. The van der Waals surface area contributed by atoms with Gasteiger partial charge in [0.2, 0.25) is 0 Å². The van der Waals surface area contributed by atoms with Gasteiger partial charge >= 0.3 is 0 Å². The van der Waals surface area contributed by atoms with Crippen LogP contribution in [0.15, 0.2) is 6.20 Å². The van der Waals surface area contributed by atoms with Crippen molar-refractivity contribution < 1.29 is 4.79 Å². The molecule has 0 aromatic carbocycles. The van der Waals surface area contributed by atoms with E-state index in [-0.39, 0.29) is 11.6 Å². The van der Waals surface area contributed by atoms with Crippen molar-refractivity contribution in [1.82, 2.24) is 14.8 Å². The lowest BCUT2D eigenvalue weighted by Crippen LogP contribution is -2.14. The molecule has 1 amide bonds. The second kappa shape index (κ2) is 4.09. The summed E-state index contributed by atoms with van der Waals surface area (Å²) in [4.78, 5) is 17.7. The standard InChI is InChI=1S/C11H13N5OS/c1-16-5-6(12)9(15-16)10(17)14-11-13-7-3-2-4-8(7)18-11/h5H,2-4,12H2,1H3,(H,13,14,17). The summed E-state index contributed by atoms with van der Waals surface area (Å²) in [5.74, 6) is -0.305. The molecular formula is C11H13N5OS. The fraction of sp³-hybridized carbons (Fsp3) is 0.364. The zero-order valence-corrected chi connectivity index (χ0v) is 10.8. The van der Waals surface area contributed by atoms with Crippen LogP contribution < -0.4 is 11.1 Å². The van der Waals surface area contributed by atoms with Crippen molar-refractivity contribution >= 4 is 28.1 Å². The average molecular weight is 263 g/mol. The molecule has 1 aliphatic carbocycles. The Balaban J connectivity index is 1.79. The predicted octanol–water partition coefficient (Wildman–Crippen LogP) is 1.20. The van der Waals surface area contributed by atoms with E-state index in [1.165, 1.54) is 20.9 Å². The van der Waals surface area contributed by atoms with Crippen LogP contribution in [-0.4, -0.2) is 20.7 Å². The Morgan fingerprint density at radius 3 is 3.06 bits per heavy atom. The highest BCUT2D eigenvalue weighted by Crippen LogP contribution is 2.30. The number of carbonyl (C=O) groups excluding carboxylic acids is 1. The van der Waals surface area contributed by atoms with Crippen molar-refractivity contribution in [3.05, 3.63) is 22.5 Å². The number of carbonyl (C=O) groups is 1. The highest BCUT2D eigenvalue weighted by atomic mass is 32.1. The molecule has 0 aliphatic heterocycles. The number of nitrogen functional groups attached to an aromatic ring is 1. The number of nitrogens with zero attached hydrogens (tertiary/aromatic N) is 3. The van der Waals surface area contributed by atoms with Crippen molar-refractivity contribution in [2.45, 2.75) is 19.3 Å². The minimum absolute atomic E-state index is 0.243. The van der Waals surface area contributed by atoms with Gasteiger partial charge in [0, 0.05) is 18.1 Å². The van der Waals surface area contributed by atoms with Gasteiger partial charge < -0.3 is 5.73 Å². The summed E-state index contributed by atoms with van der Waals surface area (Å²) >= 11 is 1.54. The maximum atomic E-state index is 12.0. The van der Waals surface area contributed by atoms with Crippen LogP contribution in [0.25, 0.3) is 0 Å². The molecule has 0 bridgehead atoms. The van der Waals surface area contributed by atoms with E-state index in [1.807, 2.05) is 0 Å². The van der Waals surface area contributed by atoms with Gasteiger partial charge in [-0.15, -0.1) is 11.3 Å². The first-order valence-corrected chi connectivity index (χ1v) is 6.54. The number of hydrogen-bond donors (Lipinski definition) is 2. The van der Waals surface area contributed by atoms with Crippen LogP contribution >= 0.6 is 11.3 Å². The summed E-state index contributed by atoms with van der Waals surface area (Å²) in [5, 5.41) is 7.41. The van der Waals surface area contributed by atoms with E-state index in [2.05, 4.69) is 15.4 Å². The third-order valence-corrected chi connectivity index (χ3v) is 3.96. The molecule has 2 heterocycles. The Kier molecular flexibility index (Phi) is 2.55. The second-order valence-corrected chi connectivity index (χ2v) is 5.39. The maximum absolute atomic E-state index is 12.0. The van der Waals surface area contributed by atoms with Crippen LogP contribution in [-0.2, 0) is 19.9 Å². The lowest BCUT2D eigenvalue weighted by molar-refractivity contribution is 0.102. The minimum atomic E-state index is -0.305. The predicted molar refractivity (Wildman–Crippen MR) is 69.7 cm³/mol. The first-order valence-electron chi connectivity index (χ1n) is 5.72. The van der Waals surface area contributed by atoms with Gasteiger partial charge in [0.15, 0.2) is 10.8 Å². The molecule has 3 N–H and O–H groups in total. The molecule has 7 heteroatoms. The van der Waals surface area contributed by atoms with E-state index in [4.69, 9.17) is 5.73 Å². The van der Waals surface area contributed by atoms with Crippen molar-refractivity contribution in [1.29, 1.82) is 0 Å². The molecule has 6 nitrogen and oxygen atoms in total. The van der Waals surface area contributed by atoms with Crippen molar-refractivity contribution in [2.75, 3.05) is 11.1 Å². The Hall–Kier alpha value is -1.89. The molecule has 0 spiro atoms. The van der Waals surface area contributed by atoms with Crippen LogP contribution in [0.4, 0.5) is 10.8 Å². The van der Waals surface area contributed by atoms with E-state index in [0.717, 1.165) is 25.0 Å².